The van der Waals surface area contributed by atoms with Gasteiger partial charge in [-0.25, -0.2) is 4.98 Å². The molecule has 7 nitrogen and oxygen atoms in total. The summed E-state index contributed by atoms with van der Waals surface area (Å²) in [5.74, 6) is 1.38. The summed E-state index contributed by atoms with van der Waals surface area (Å²) in [5, 5.41) is 7.98. The summed E-state index contributed by atoms with van der Waals surface area (Å²) in [4.78, 5) is 32.4. The lowest BCUT2D eigenvalue weighted by Gasteiger charge is -2.19. The molecular formula is C32H44N4O3S. The molecule has 1 atom stereocenters. The summed E-state index contributed by atoms with van der Waals surface area (Å²) < 4.78 is 7.72. The molecule has 40 heavy (non-hydrogen) atoms. The van der Waals surface area contributed by atoms with Gasteiger partial charge in [0.25, 0.3) is 5.91 Å². The monoisotopic (exact) mass is 564 g/mol. The number of benzene rings is 1. The molecule has 0 saturated heterocycles. The van der Waals surface area contributed by atoms with Crippen LogP contribution in [0.2, 0.25) is 0 Å². The van der Waals surface area contributed by atoms with Gasteiger partial charge in [-0.3, -0.25) is 9.59 Å². The number of allylic oxidation sites excluding steroid dienone is 3. The first-order valence-corrected chi connectivity index (χ1v) is 15.3. The fourth-order valence-electron chi connectivity index (χ4n) is 4.85. The van der Waals surface area contributed by atoms with E-state index < -0.39 is 6.04 Å². The Morgan fingerprint density at radius 3 is 2.52 bits per heavy atom. The minimum Gasteiger partial charge on any atom is -0.501 e. The second kappa shape index (κ2) is 15.4. The summed E-state index contributed by atoms with van der Waals surface area (Å²) in [6, 6.07) is 9.58. The van der Waals surface area contributed by atoms with E-state index in [1.807, 2.05) is 38.1 Å². The highest BCUT2D eigenvalue weighted by molar-refractivity contribution is 7.09. The van der Waals surface area contributed by atoms with Gasteiger partial charge in [0.1, 0.15) is 11.9 Å². The number of aromatic nitrogens is 2. The Bertz CT molecular complexity index is 1320. The largest absolute Gasteiger partial charge is 0.501 e. The molecule has 8 heteroatoms. The predicted octanol–water partition coefficient (Wildman–Crippen LogP) is 6.95. The van der Waals surface area contributed by atoms with Crippen LogP contribution in [0.25, 0.3) is 11.0 Å². The Labute approximate surface area is 242 Å². The van der Waals surface area contributed by atoms with E-state index in [0.717, 1.165) is 53.9 Å². The number of hydrogen-bond acceptors (Lipinski definition) is 5. The van der Waals surface area contributed by atoms with Gasteiger partial charge in [-0.15, -0.1) is 11.3 Å². The third-order valence-electron chi connectivity index (χ3n) is 7.28. The van der Waals surface area contributed by atoms with Crippen molar-refractivity contribution >= 4 is 34.2 Å². The van der Waals surface area contributed by atoms with Crippen molar-refractivity contribution in [2.45, 2.75) is 85.2 Å². The number of methoxy groups -OCH3 is 1. The van der Waals surface area contributed by atoms with Crippen LogP contribution in [0.4, 0.5) is 0 Å². The second-order valence-electron chi connectivity index (χ2n) is 9.90. The van der Waals surface area contributed by atoms with Gasteiger partial charge in [0.05, 0.1) is 23.9 Å². The van der Waals surface area contributed by atoms with Crippen LogP contribution < -0.4 is 10.6 Å². The van der Waals surface area contributed by atoms with Gasteiger partial charge >= 0.3 is 0 Å². The molecule has 2 aromatic heterocycles. The molecule has 216 valence electrons. The van der Waals surface area contributed by atoms with Crippen LogP contribution in [0.1, 0.15) is 93.8 Å². The van der Waals surface area contributed by atoms with Gasteiger partial charge in [0.2, 0.25) is 5.91 Å². The smallest absolute Gasteiger partial charge is 0.252 e. The van der Waals surface area contributed by atoms with Crippen LogP contribution in [0, 0.1) is 0 Å². The van der Waals surface area contributed by atoms with Crippen LogP contribution in [0.3, 0.4) is 0 Å². The number of carbonyl (C=O) groups is 2. The lowest BCUT2D eigenvalue weighted by atomic mass is 10.1. The van der Waals surface area contributed by atoms with Gasteiger partial charge in [-0.05, 0) is 74.2 Å². The summed E-state index contributed by atoms with van der Waals surface area (Å²) in [5.41, 5.74) is 3.38. The molecule has 0 aliphatic rings. The van der Waals surface area contributed by atoms with E-state index in [1.165, 1.54) is 4.88 Å². The van der Waals surface area contributed by atoms with E-state index >= 15 is 0 Å². The van der Waals surface area contributed by atoms with Gasteiger partial charge in [0, 0.05) is 29.4 Å². The van der Waals surface area contributed by atoms with Crippen molar-refractivity contribution in [2.24, 2.45) is 0 Å². The van der Waals surface area contributed by atoms with E-state index in [2.05, 4.69) is 59.6 Å². The Balaban J connectivity index is 1.74. The Morgan fingerprint density at radius 2 is 1.90 bits per heavy atom. The number of rotatable bonds is 15. The summed E-state index contributed by atoms with van der Waals surface area (Å²) in [7, 11) is 1.65. The zero-order chi connectivity index (χ0) is 29.1. The van der Waals surface area contributed by atoms with Crippen LogP contribution >= 0.6 is 11.3 Å². The maximum Gasteiger partial charge on any atom is 0.252 e. The minimum atomic E-state index is -0.623. The normalized spacial score (nSPS) is 13.1. The molecule has 0 aliphatic carbocycles. The maximum atomic E-state index is 13.2. The molecule has 0 spiro atoms. The van der Waals surface area contributed by atoms with Crippen LogP contribution in [-0.2, 0) is 16.0 Å². The molecule has 2 N–H and O–H groups in total. The first-order valence-electron chi connectivity index (χ1n) is 14.4. The van der Waals surface area contributed by atoms with Crippen molar-refractivity contribution in [1.29, 1.82) is 0 Å². The highest BCUT2D eigenvalue weighted by atomic mass is 32.1. The van der Waals surface area contributed by atoms with Gasteiger partial charge in [-0.1, -0.05) is 45.9 Å². The summed E-state index contributed by atoms with van der Waals surface area (Å²) in [6.45, 7) is 10.7. The van der Waals surface area contributed by atoms with Crippen molar-refractivity contribution in [3.05, 3.63) is 75.5 Å². The van der Waals surface area contributed by atoms with E-state index in [4.69, 9.17) is 9.72 Å². The number of hydrogen-bond donors (Lipinski definition) is 2. The molecule has 0 radical (unpaired) electrons. The molecule has 2 heterocycles. The maximum absolute atomic E-state index is 13.2. The minimum absolute atomic E-state index is 0.193. The van der Waals surface area contributed by atoms with Crippen molar-refractivity contribution in [1.82, 2.24) is 20.2 Å². The third kappa shape index (κ3) is 7.84. The zero-order valence-corrected chi connectivity index (χ0v) is 25.6. The number of nitrogens with one attached hydrogen (secondary N) is 2. The molecular weight excluding hydrogens is 520 g/mol. The van der Waals surface area contributed by atoms with E-state index in [9.17, 15) is 9.59 Å². The summed E-state index contributed by atoms with van der Waals surface area (Å²) in [6.07, 6.45) is 8.95. The van der Waals surface area contributed by atoms with Crippen LogP contribution in [0.5, 0.6) is 0 Å². The first kappa shape index (κ1) is 31.1. The topological polar surface area (TPSA) is 85.3 Å². The molecule has 3 rings (SSSR count). The third-order valence-corrected chi connectivity index (χ3v) is 8.16. The van der Waals surface area contributed by atoms with E-state index in [1.54, 1.807) is 18.4 Å². The lowest BCUT2D eigenvalue weighted by Crippen LogP contribution is -2.46. The number of imidazole rings is 1. The average molecular weight is 565 g/mol. The molecule has 0 bridgehead atoms. The fourth-order valence-corrected chi connectivity index (χ4v) is 5.55. The number of ether oxygens (including phenoxy) is 1. The number of carbonyl (C=O) groups excluding carboxylic acids is 2. The lowest BCUT2D eigenvalue weighted by molar-refractivity contribution is -0.123. The molecule has 0 saturated carbocycles. The van der Waals surface area contributed by atoms with E-state index in [-0.39, 0.29) is 11.8 Å². The molecule has 0 unspecified atom stereocenters. The molecule has 3 aromatic rings. The van der Waals surface area contributed by atoms with Crippen LogP contribution in [0.15, 0.2) is 59.2 Å². The predicted molar refractivity (Wildman–Crippen MR) is 165 cm³/mol. The van der Waals surface area contributed by atoms with Crippen molar-refractivity contribution in [3.8, 4) is 0 Å². The Kier molecular flexibility index (Phi) is 12.0. The van der Waals surface area contributed by atoms with Crippen LogP contribution in [-0.4, -0.2) is 41.1 Å². The van der Waals surface area contributed by atoms with Gasteiger partial charge < -0.3 is 19.9 Å². The number of fused-ring (bicyclic) bond motifs is 1. The average Bonchev–Trinajstić information content (AvgIpc) is 3.61. The van der Waals surface area contributed by atoms with Crippen molar-refractivity contribution in [2.75, 3.05) is 13.7 Å². The molecule has 0 aliphatic heterocycles. The highest BCUT2D eigenvalue weighted by Crippen LogP contribution is 2.28. The summed E-state index contributed by atoms with van der Waals surface area (Å²) >= 11 is 1.73. The Morgan fingerprint density at radius 1 is 1.12 bits per heavy atom. The van der Waals surface area contributed by atoms with E-state index in [0.29, 0.717) is 31.0 Å². The van der Waals surface area contributed by atoms with Crippen molar-refractivity contribution < 1.29 is 14.3 Å². The van der Waals surface area contributed by atoms with Crippen molar-refractivity contribution in [3.63, 3.8) is 0 Å². The first-order chi connectivity index (χ1) is 19.4. The standard InChI is InChI=1S/C32H44N4O3S/c1-7-11-13-23(22(5)39-6)17-18-33-32(38)27(10-4)35-31(37)24-15-16-29-28(20-24)34-30(21-26-14-12-19-40-26)36(29)25(8-2)9-3/h11-16,19-20,25,27H,7-10,17-18,21H2,1-6H3,(H,33,38)(H,35,37)/b13-11-,23-22-/t27-/m0/s1. The zero-order valence-electron chi connectivity index (χ0n) is 24.8. The highest BCUT2D eigenvalue weighted by Gasteiger charge is 2.22. The molecule has 0 fully saturated rings. The number of thiophene rings is 1. The number of nitrogens with zero attached hydrogens (tertiary/aromatic N) is 2. The Hall–Kier alpha value is -3.39. The SMILES string of the molecule is CC/C=C\C(CCNC(=O)[C@H](CC)NC(=O)c1ccc2c(c1)nc(Cc1cccs1)n2C(CC)CC)=C(/C)OC. The van der Waals surface area contributed by atoms with Gasteiger partial charge in [-0.2, -0.15) is 0 Å². The molecule has 2 amide bonds. The fraction of sp³-hybridized carbons (Fsp3) is 0.469. The molecule has 1 aromatic carbocycles. The quantitative estimate of drug-likeness (QED) is 0.154. The van der Waals surface area contributed by atoms with Gasteiger partial charge in [0.15, 0.2) is 0 Å². The second-order valence-corrected chi connectivity index (χ2v) is 10.9. The number of amides is 2.